The summed E-state index contributed by atoms with van der Waals surface area (Å²) in [6, 6.07) is 11.9. The second-order valence-electron chi connectivity index (χ2n) is 4.30. The van der Waals surface area contributed by atoms with Crippen LogP contribution in [0.3, 0.4) is 0 Å². The van der Waals surface area contributed by atoms with Crippen LogP contribution in [0.2, 0.25) is 0 Å². The lowest BCUT2D eigenvalue weighted by atomic mass is 10.2. The SMILES string of the molecule is CCCNc1cc[n+](-c2ccccc2)c(C)c1O. The summed E-state index contributed by atoms with van der Waals surface area (Å²) in [7, 11) is 0. The van der Waals surface area contributed by atoms with Gasteiger partial charge in [-0.3, -0.25) is 0 Å². The molecule has 0 saturated carbocycles. The largest absolute Gasteiger partial charge is 0.501 e. The van der Waals surface area contributed by atoms with Crippen molar-refractivity contribution in [2.45, 2.75) is 20.3 Å². The highest BCUT2D eigenvalue weighted by Crippen LogP contribution is 2.24. The van der Waals surface area contributed by atoms with E-state index in [2.05, 4.69) is 12.2 Å². The summed E-state index contributed by atoms with van der Waals surface area (Å²) in [5.74, 6) is 0.315. The topological polar surface area (TPSA) is 36.1 Å². The minimum Gasteiger partial charge on any atom is -0.501 e. The molecule has 0 fully saturated rings. The Bertz CT molecular complexity index is 524. The smallest absolute Gasteiger partial charge is 0.228 e. The molecule has 0 amide bonds. The third kappa shape index (κ3) is 2.45. The Hall–Kier alpha value is -2.03. The summed E-state index contributed by atoms with van der Waals surface area (Å²) in [4.78, 5) is 0. The Morgan fingerprint density at radius 3 is 2.56 bits per heavy atom. The van der Waals surface area contributed by atoms with Gasteiger partial charge >= 0.3 is 0 Å². The molecule has 94 valence electrons. The van der Waals surface area contributed by atoms with Crippen LogP contribution in [0, 0.1) is 6.92 Å². The van der Waals surface area contributed by atoms with Gasteiger partial charge in [-0.05, 0) is 6.42 Å². The van der Waals surface area contributed by atoms with Crippen molar-refractivity contribution in [3.8, 4) is 11.4 Å². The minimum absolute atomic E-state index is 0.315. The van der Waals surface area contributed by atoms with E-state index in [0.717, 1.165) is 30.0 Å². The predicted molar refractivity (Wildman–Crippen MR) is 73.2 cm³/mol. The summed E-state index contributed by atoms with van der Waals surface area (Å²) < 4.78 is 1.98. The fourth-order valence-corrected chi connectivity index (χ4v) is 1.92. The molecule has 0 atom stereocenters. The zero-order valence-electron chi connectivity index (χ0n) is 10.9. The summed E-state index contributed by atoms with van der Waals surface area (Å²) in [6.45, 7) is 4.88. The highest BCUT2D eigenvalue weighted by Gasteiger charge is 2.17. The number of anilines is 1. The van der Waals surface area contributed by atoms with Crippen LogP contribution in [0.25, 0.3) is 5.69 Å². The van der Waals surface area contributed by atoms with E-state index in [1.807, 2.05) is 54.1 Å². The lowest BCUT2D eigenvalue weighted by molar-refractivity contribution is -0.603. The summed E-state index contributed by atoms with van der Waals surface area (Å²) >= 11 is 0. The van der Waals surface area contributed by atoms with Gasteiger partial charge in [-0.1, -0.05) is 25.1 Å². The van der Waals surface area contributed by atoms with Gasteiger partial charge in [0.05, 0.1) is 5.69 Å². The number of aromatic nitrogens is 1. The van der Waals surface area contributed by atoms with Crippen molar-refractivity contribution in [1.29, 1.82) is 0 Å². The zero-order valence-corrected chi connectivity index (χ0v) is 10.9. The van der Waals surface area contributed by atoms with Gasteiger partial charge in [0.2, 0.25) is 17.1 Å². The maximum atomic E-state index is 10.2. The fraction of sp³-hybridized carbons (Fsp3) is 0.267. The van der Waals surface area contributed by atoms with Crippen LogP contribution in [0.15, 0.2) is 42.6 Å². The molecule has 3 nitrogen and oxygen atoms in total. The first-order chi connectivity index (χ1) is 8.74. The Balaban J connectivity index is 2.38. The van der Waals surface area contributed by atoms with Crippen molar-refractivity contribution in [2.24, 2.45) is 0 Å². The van der Waals surface area contributed by atoms with Gasteiger partial charge in [-0.2, -0.15) is 4.57 Å². The van der Waals surface area contributed by atoms with Crippen LogP contribution in [-0.4, -0.2) is 11.7 Å². The van der Waals surface area contributed by atoms with Gasteiger partial charge in [-0.15, -0.1) is 0 Å². The highest BCUT2D eigenvalue weighted by atomic mass is 16.3. The van der Waals surface area contributed by atoms with E-state index in [1.165, 1.54) is 0 Å². The minimum atomic E-state index is 0.315. The number of nitrogens with one attached hydrogen (secondary N) is 1. The van der Waals surface area contributed by atoms with Crippen LogP contribution in [0.1, 0.15) is 19.0 Å². The van der Waals surface area contributed by atoms with Crippen molar-refractivity contribution in [3.05, 3.63) is 48.3 Å². The molecule has 1 aromatic carbocycles. The standard InChI is InChI=1S/C15H18N2O/c1-3-10-16-14-9-11-17(12(2)15(14)18)13-7-5-4-6-8-13/h4-9,11,18H,3,10H2,1-2H3/p+1. The van der Waals surface area contributed by atoms with E-state index in [9.17, 15) is 5.11 Å². The van der Waals surface area contributed by atoms with Crippen molar-refractivity contribution >= 4 is 5.69 Å². The molecule has 18 heavy (non-hydrogen) atoms. The van der Waals surface area contributed by atoms with Crippen LogP contribution in [-0.2, 0) is 0 Å². The zero-order chi connectivity index (χ0) is 13.0. The molecule has 0 saturated heterocycles. The summed E-state index contributed by atoms with van der Waals surface area (Å²) in [6.07, 6.45) is 3.01. The highest BCUT2D eigenvalue weighted by molar-refractivity contribution is 5.55. The van der Waals surface area contributed by atoms with Crippen molar-refractivity contribution in [3.63, 3.8) is 0 Å². The molecular formula is C15H19N2O+. The number of benzene rings is 1. The first-order valence-electron chi connectivity index (χ1n) is 6.27. The number of para-hydroxylation sites is 1. The molecular weight excluding hydrogens is 224 g/mol. The van der Waals surface area contributed by atoms with Crippen molar-refractivity contribution < 1.29 is 9.67 Å². The number of hydrogen-bond acceptors (Lipinski definition) is 2. The molecule has 0 radical (unpaired) electrons. The first kappa shape index (κ1) is 12.4. The Morgan fingerprint density at radius 1 is 1.17 bits per heavy atom. The Kier molecular flexibility index (Phi) is 3.82. The fourth-order valence-electron chi connectivity index (χ4n) is 1.92. The molecule has 0 spiro atoms. The summed E-state index contributed by atoms with van der Waals surface area (Å²) in [5.41, 5.74) is 2.68. The molecule has 3 heteroatoms. The lowest BCUT2D eigenvalue weighted by Crippen LogP contribution is -2.33. The average molecular weight is 243 g/mol. The number of hydrogen-bond donors (Lipinski definition) is 2. The molecule has 2 N–H and O–H groups in total. The molecule has 0 aliphatic rings. The normalized spacial score (nSPS) is 10.3. The molecule has 0 aliphatic carbocycles. The monoisotopic (exact) mass is 243 g/mol. The second kappa shape index (κ2) is 5.54. The van der Waals surface area contributed by atoms with E-state index in [1.54, 1.807) is 0 Å². The molecule has 2 rings (SSSR count). The van der Waals surface area contributed by atoms with Gasteiger partial charge < -0.3 is 10.4 Å². The van der Waals surface area contributed by atoms with Gasteiger partial charge in [-0.25, -0.2) is 0 Å². The van der Waals surface area contributed by atoms with Gasteiger partial charge in [0.1, 0.15) is 0 Å². The Labute approximate surface area is 108 Å². The van der Waals surface area contributed by atoms with Gasteiger partial charge in [0, 0.05) is 31.7 Å². The van der Waals surface area contributed by atoms with Crippen LogP contribution >= 0.6 is 0 Å². The molecule has 0 bridgehead atoms. The maximum absolute atomic E-state index is 10.2. The lowest BCUT2D eigenvalue weighted by Gasteiger charge is -2.08. The third-order valence-corrected chi connectivity index (χ3v) is 2.95. The van der Waals surface area contributed by atoms with Crippen LogP contribution < -0.4 is 9.88 Å². The van der Waals surface area contributed by atoms with Crippen molar-refractivity contribution in [1.82, 2.24) is 0 Å². The van der Waals surface area contributed by atoms with E-state index in [4.69, 9.17) is 0 Å². The van der Waals surface area contributed by atoms with Crippen molar-refractivity contribution in [2.75, 3.05) is 11.9 Å². The molecule has 2 aromatic rings. The van der Waals surface area contributed by atoms with Gasteiger partial charge in [0.15, 0.2) is 6.20 Å². The average Bonchev–Trinajstić information content (AvgIpc) is 2.41. The predicted octanol–water partition coefficient (Wildman–Crippen LogP) is 2.80. The van der Waals surface area contributed by atoms with Gasteiger partial charge in [0.25, 0.3) is 0 Å². The van der Waals surface area contributed by atoms with E-state index in [-0.39, 0.29) is 0 Å². The quantitative estimate of drug-likeness (QED) is 0.810. The number of rotatable bonds is 4. The van der Waals surface area contributed by atoms with E-state index < -0.39 is 0 Å². The van der Waals surface area contributed by atoms with E-state index in [0.29, 0.717) is 5.75 Å². The summed E-state index contributed by atoms with van der Waals surface area (Å²) in [5, 5.41) is 13.4. The van der Waals surface area contributed by atoms with Crippen LogP contribution in [0.4, 0.5) is 5.69 Å². The molecule has 0 unspecified atom stereocenters. The number of pyridine rings is 1. The number of aromatic hydroxyl groups is 1. The molecule has 1 heterocycles. The first-order valence-corrected chi connectivity index (χ1v) is 6.27. The Morgan fingerprint density at radius 2 is 1.89 bits per heavy atom. The molecule has 0 aliphatic heterocycles. The maximum Gasteiger partial charge on any atom is 0.228 e. The second-order valence-corrected chi connectivity index (χ2v) is 4.30. The van der Waals surface area contributed by atoms with Crippen LogP contribution in [0.5, 0.6) is 5.75 Å². The number of nitrogens with zero attached hydrogens (tertiary/aromatic N) is 1. The third-order valence-electron chi connectivity index (χ3n) is 2.95. The molecule has 1 aromatic heterocycles. The van der Waals surface area contributed by atoms with E-state index >= 15 is 0 Å².